The summed E-state index contributed by atoms with van der Waals surface area (Å²) in [5.74, 6) is 0. The lowest BCUT2D eigenvalue weighted by Gasteiger charge is -2.34. The fourth-order valence-electron chi connectivity index (χ4n) is 22.2. The molecule has 2 aliphatic carbocycles. The summed E-state index contributed by atoms with van der Waals surface area (Å²) < 4.78 is 13.2. The summed E-state index contributed by atoms with van der Waals surface area (Å²) >= 11 is 0. The molecule has 648 valence electrons. The lowest BCUT2D eigenvalue weighted by atomic mass is 9.67. The highest BCUT2D eigenvalue weighted by molar-refractivity contribution is 6.12. The molecule has 0 bridgehead atoms. The summed E-state index contributed by atoms with van der Waals surface area (Å²) in [5.41, 5.74) is 42.6. The van der Waals surface area contributed by atoms with Crippen LogP contribution in [0.15, 0.2) is 555 Å². The van der Waals surface area contributed by atoms with Gasteiger partial charge in [-0.05, 0) is 218 Å². The monoisotopic (exact) mass is 1760 g/mol. The second-order valence-corrected chi connectivity index (χ2v) is 35.9. The zero-order valence-corrected chi connectivity index (χ0v) is 75.7. The molecule has 0 fully saturated rings. The Morgan fingerprint density at radius 1 is 0.152 bits per heavy atom. The summed E-state index contributed by atoms with van der Waals surface area (Å²) in [6, 6.07) is 198. The number of anilines is 6. The summed E-state index contributed by atoms with van der Waals surface area (Å²) in [6.07, 6.45) is 0. The molecule has 0 radical (unpaired) electrons. The molecule has 0 N–H and O–H groups in total. The molecule has 4 heteroatoms. The molecule has 0 saturated carbocycles. The summed E-state index contributed by atoms with van der Waals surface area (Å²) in [7, 11) is 0. The first-order valence-electron chi connectivity index (χ1n) is 47.5. The van der Waals surface area contributed by atoms with E-state index in [1.807, 2.05) is 12.1 Å². The van der Waals surface area contributed by atoms with Crippen LogP contribution in [0.3, 0.4) is 0 Å². The van der Waals surface area contributed by atoms with Crippen molar-refractivity contribution in [2.45, 2.75) is 10.8 Å². The van der Waals surface area contributed by atoms with Gasteiger partial charge in [-0.15, -0.1) is 0 Å². The number of nitrogens with zero attached hydrogens (tertiary/aromatic N) is 2. The van der Waals surface area contributed by atoms with Gasteiger partial charge in [0, 0.05) is 66.7 Å². The maximum Gasteiger partial charge on any atom is 0.143 e. The molecular weight excluding hydrogens is 1670 g/mol. The molecule has 26 rings (SSSR count). The smallest absolute Gasteiger partial charge is 0.143 e. The molecule has 2 aliphatic rings. The van der Waals surface area contributed by atoms with Crippen molar-refractivity contribution in [2.24, 2.45) is 0 Å². The molecule has 2 heterocycles. The van der Waals surface area contributed by atoms with E-state index in [-0.39, 0.29) is 0 Å². The fourth-order valence-corrected chi connectivity index (χ4v) is 22.2. The van der Waals surface area contributed by atoms with Crippen LogP contribution in [0, 0.1) is 0 Å². The van der Waals surface area contributed by atoms with E-state index in [0.717, 1.165) is 134 Å². The third-order valence-electron chi connectivity index (χ3n) is 28.3. The molecule has 0 spiro atoms. The van der Waals surface area contributed by atoms with Crippen molar-refractivity contribution in [1.29, 1.82) is 0 Å². The van der Waals surface area contributed by atoms with Crippen LogP contribution in [-0.2, 0) is 10.8 Å². The van der Waals surface area contributed by atoms with Gasteiger partial charge in [0.15, 0.2) is 0 Å². The van der Waals surface area contributed by atoms with Crippen molar-refractivity contribution in [1.82, 2.24) is 0 Å². The Bertz CT molecular complexity index is 8600. The van der Waals surface area contributed by atoms with E-state index in [9.17, 15) is 0 Å². The maximum atomic E-state index is 6.61. The van der Waals surface area contributed by atoms with Gasteiger partial charge in [-0.25, -0.2) is 0 Å². The van der Waals surface area contributed by atoms with E-state index in [4.69, 9.17) is 8.83 Å². The Balaban J connectivity index is 0.000000146. The first-order chi connectivity index (χ1) is 68.5. The van der Waals surface area contributed by atoms with Gasteiger partial charge in [-0.2, -0.15) is 0 Å². The van der Waals surface area contributed by atoms with Gasteiger partial charge in [0.25, 0.3) is 0 Å². The molecular formula is C134H90N2O2. The Labute approximate surface area is 803 Å². The van der Waals surface area contributed by atoms with Crippen LogP contribution in [0.5, 0.6) is 0 Å². The Morgan fingerprint density at radius 2 is 0.406 bits per heavy atom. The molecule has 0 amide bonds. The number of hydrogen-bond donors (Lipinski definition) is 0. The second kappa shape index (κ2) is 34.9. The predicted molar refractivity (Wildman–Crippen MR) is 575 cm³/mol. The van der Waals surface area contributed by atoms with Gasteiger partial charge in [-0.1, -0.05) is 467 Å². The lowest BCUT2D eigenvalue weighted by Crippen LogP contribution is -2.28. The highest BCUT2D eigenvalue weighted by atomic mass is 16.3. The predicted octanol–water partition coefficient (Wildman–Crippen LogP) is 36.2. The molecule has 0 unspecified atom stereocenters. The third-order valence-corrected chi connectivity index (χ3v) is 28.3. The van der Waals surface area contributed by atoms with Gasteiger partial charge in [-0.3, -0.25) is 0 Å². The first-order valence-corrected chi connectivity index (χ1v) is 47.5. The quantitative estimate of drug-likeness (QED) is 0.0857. The van der Waals surface area contributed by atoms with Crippen molar-refractivity contribution in [3.8, 4) is 111 Å². The molecule has 22 aromatic carbocycles. The molecule has 24 aromatic rings. The summed E-state index contributed by atoms with van der Waals surface area (Å²) in [6.45, 7) is 0. The van der Waals surface area contributed by atoms with E-state index in [1.165, 1.54) is 100 Å². The summed E-state index contributed by atoms with van der Waals surface area (Å²) in [4.78, 5) is 4.84. The van der Waals surface area contributed by atoms with Gasteiger partial charge < -0.3 is 18.6 Å². The Kier molecular flexibility index (Phi) is 20.7. The van der Waals surface area contributed by atoms with Crippen molar-refractivity contribution in [3.63, 3.8) is 0 Å². The first kappa shape index (κ1) is 82.0. The average molecular weight is 1760 g/mol. The molecule has 4 nitrogen and oxygen atoms in total. The zero-order chi connectivity index (χ0) is 91.5. The Morgan fingerprint density at radius 3 is 0.812 bits per heavy atom. The van der Waals surface area contributed by atoms with Gasteiger partial charge in [0.2, 0.25) is 0 Å². The van der Waals surface area contributed by atoms with Crippen molar-refractivity contribution in [3.05, 3.63) is 590 Å². The molecule has 0 atom stereocenters. The second-order valence-electron chi connectivity index (χ2n) is 35.9. The highest BCUT2D eigenvalue weighted by Crippen LogP contribution is 2.61. The van der Waals surface area contributed by atoms with Crippen molar-refractivity contribution >= 4 is 78.0 Å². The standard InChI is InChI=1S/2C67H45NO/c1-4-20-46(21-5-1)47-40-42-48(43-41-47)55-30-11-14-38-63(55)68(54-29-17-23-50(45-54)57-34-18-35-59-58-31-12-15-39-64(58)69-66(57)59)53-28-16-22-49(44-53)56-33-19-37-62-65(56)60-32-10-13-36-61(60)67(62,51-24-6-2-7-25-51)52-26-8-3-9-27-52;1-4-19-46(20-5-1)47-39-41-48(42-40-47)49-21-14-28-54(43-49)68(56-30-16-23-51(45-56)58-34-17-35-60-59-31-11-13-38-64(59)69-66(58)60)55-29-15-22-50(44-55)57-33-18-37-63-65(57)61-32-10-12-36-62(61)67(63,52-24-6-2-7-25-52)53-26-8-3-9-27-53/h2*1-45H. The maximum absolute atomic E-state index is 6.61. The minimum atomic E-state index is -0.494. The molecule has 0 saturated heterocycles. The van der Waals surface area contributed by atoms with E-state index in [2.05, 4.69) is 544 Å². The topological polar surface area (TPSA) is 32.8 Å². The number of para-hydroxylation sites is 5. The lowest BCUT2D eigenvalue weighted by molar-refractivity contribution is 0.669. The van der Waals surface area contributed by atoms with E-state index >= 15 is 0 Å². The van der Waals surface area contributed by atoms with E-state index in [0.29, 0.717) is 0 Å². The minimum Gasteiger partial charge on any atom is -0.455 e. The van der Waals surface area contributed by atoms with Crippen LogP contribution in [0.4, 0.5) is 34.1 Å². The normalized spacial score (nSPS) is 12.5. The number of furan rings is 2. The van der Waals surface area contributed by atoms with E-state index < -0.39 is 10.8 Å². The van der Waals surface area contributed by atoms with Crippen LogP contribution < -0.4 is 9.80 Å². The van der Waals surface area contributed by atoms with Crippen LogP contribution in [0.2, 0.25) is 0 Å². The number of benzene rings is 22. The van der Waals surface area contributed by atoms with Crippen LogP contribution in [-0.4, -0.2) is 0 Å². The SMILES string of the molecule is c1ccc(-c2ccc(-c3cccc(N(c4cccc(-c5cccc6c5-c5ccccc5C6(c5ccccc5)c5ccccc5)c4)c4cccc(-c5cccc6c5oc5ccccc56)c4)c3)cc2)cc1.c1ccc(-c2ccc(-c3ccccc3N(c3cccc(-c4cccc5c4-c4ccccc4C5(c4ccccc4)c4ccccc4)c3)c3cccc(-c4cccc5c4oc4ccccc45)c3)cc2)cc1. The molecule has 2 aromatic heterocycles. The summed E-state index contributed by atoms with van der Waals surface area (Å²) in [5, 5.41) is 4.47. The van der Waals surface area contributed by atoms with Gasteiger partial charge >= 0.3 is 0 Å². The zero-order valence-electron chi connectivity index (χ0n) is 75.7. The number of hydrogen-bond acceptors (Lipinski definition) is 4. The largest absolute Gasteiger partial charge is 0.455 e. The average Bonchev–Trinajstić information content (AvgIpc) is 1.53. The number of rotatable bonds is 18. The van der Waals surface area contributed by atoms with Crippen LogP contribution in [0.1, 0.15) is 44.5 Å². The van der Waals surface area contributed by atoms with Gasteiger partial charge in [0.05, 0.1) is 16.5 Å². The van der Waals surface area contributed by atoms with Crippen LogP contribution >= 0.6 is 0 Å². The van der Waals surface area contributed by atoms with Gasteiger partial charge in [0.1, 0.15) is 22.3 Å². The number of fused-ring (bicyclic) bond motifs is 12. The third kappa shape index (κ3) is 14.1. The fraction of sp³-hybridized carbons (Fsp3) is 0.0149. The van der Waals surface area contributed by atoms with Crippen LogP contribution in [0.25, 0.3) is 155 Å². The minimum absolute atomic E-state index is 0.489. The van der Waals surface area contributed by atoms with E-state index in [1.54, 1.807) is 0 Å². The highest BCUT2D eigenvalue weighted by Gasteiger charge is 2.49. The van der Waals surface area contributed by atoms with Crippen molar-refractivity contribution in [2.75, 3.05) is 9.80 Å². The molecule has 138 heavy (non-hydrogen) atoms. The molecule has 0 aliphatic heterocycles. The Hall–Kier alpha value is -18.0. The van der Waals surface area contributed by atoms with Crippen molar-refractivity contribution < 1.29 is 8.83 Å².